The Hall–Kier alpha value is -1.42. The SMILES string of the molecule is CCCCCCCCOC(CCCCCCCN)OCCCCCCC(C)C(CCCCCCC)COC(=O)CCCCCCCN(CCO)CCCCCCCC(OC(C)CCCCCC)OC(C)CCCCCCC(CCCCC)CCCOC(=O)CCCCCCCN(CCO)CCCCCCCCCC(CCCCCCCC)CCCCCCCC. The monoisotopic (exact) mass is 1770 g/mol. The van der Waals surface area contributed by atoms with E-state index >= 15 is 0 Å². The van der Waals surface area contributed by atoms with Gasteiger partial charge in [0.2, 0.25) is 0 Å². The molecule has 13 nitrogen and oxygen atoms in total. The van der Waals surface area contributed by atoms with E-state index in [2.05, 4.69) is 72.1 Å². The highest BCUT2D eigenvalue weighted by Gasteiger charge is 2.22. The topological polar surface area (TPSA) is 162 Å². The molecule has 0 radical (unpaired) electrons. The number of aliphatic hydroxyl groups excluding tert-OH is 2. The fourth-order valence-corrected chi connectivity index (χ4v) is 19.0. The molecule has 0 aliphatic rings. The summed E-state index contributed by atoms with van der Waals surface area (Å²) < 4.78 is 38.0. The number of carbonyl (C=O) groups excluding carboxylic acids is 2. The van der Waals surface area contributed by atoms with Crippen LogP contribution >= 0.6 is 0 Å². The number of rotatable bonds is 108. The summed E-state index contributed by atoms with van der Waals surface area (Å²) in [7, 11) is 0. The van der Waals surface area contributed by atoms with Gasteiger partial charge in [-0.3, -0.25) is 9.59 Å². The van der Waals surface area contributed by atoms with Crippen LogP contribution in [0.4, 0.5) is 0 Å². The maximum absolute atomic E-state index is 13.1. The molecule has 0 saturated heterocycles. The van der Waals surface area contributed by atoms with E-state index in [1.165, 1.54) is 372 Å². The van der Waals surface area contributed by atoms with Crippen molar-refractivity contribution in [3.63, 3.8) is 0 Å². The Morgan fingerprint density at radius 2 is 0.536 bits per heavy atom. The minimum atomic E-state index is -0.141. The molecule has 0 rings (SSSR count). The highest BCUT2D eigenvalue weighted by molar-refractivity contribution is 5.69. The van der Waals surface area contributed by atoms with Crippen molar-refractivity contribution in [1.82, 2.24) is 9.80 Å². The van der Waals surface area contributed by atoms with E-state index in [0.29, 0.717) is 37.9 Å². The Balaban J connectivity index is 4.68. The Bertz CT molecular complexity index is 2060. The third kappa shape index (κ3) is 90.2. The fraction of sp³-hybridized carbons (Fsp3) is 0.982. The van der Waals surface area contributed by atoms with Gasteiger partial charge >= 0.3 is 11.9 Å². The lowest BCUT2D eigenvalue weighted by atomic mass is 9.85. The lowest BCUT2D eigenvalue weighted by Gasteiger charge is -2.26. The molecule has 0 fully saturated rings. The van der Waals surface area contributed by atoms with Crippen LogP contribution < -0.4 is 5.73 Å². The molecular formula is C112H225N3O10. The number of carbonyl (C=O) groups is 2. The summed E-state index contributed by atoms with van der Waals surface area (Å²) in [5.74, 6) is 2.65. The van der Waals surface area contributed by atoms with E-state index in [4.69, 9.17) is 34.2 Å². The van der Waals surface area contributed by atoms with Crippen molar-refractivity contribution in [1.29, 1.82) is 0 Å². The van der Waals surface area contributed by atoms with Crippen molar-refractivity contribution in [2.45, 2.75) is 601 Å². The van der Waals surface area contributed by atoms with E-state index in [1.54, 1.807) is 0 Å². The number of esters is 2. The Morgan fingerprint density at radius 3 is 0.912 bits per heavy atom. The molecule has 0 aromatic heterocycles. The summed E-state index contributed by atoms with van der Waals surface area (Å²) in [5.41, 5.74) is 5.72. The molecule has 0 amide bonds. The molecule has 13 heteroatoms. The van der Waals surface area contributed by atoms with Crippen LogP contribution in [0.25, 0.3) is 0 Å². The summed E-state index contributed by atoms with van der Waals surface area (Å²) in [5, 5.41) is 19.8. The number of ether oxygens (including phenoxy) is 6. The first kappa shape index (κ1) is 124. The zero-order valence-electron chi connectivity index (χ0n) is 86.0. The minimum Gasteiger partial charge on any atom is -0.466 e. The number of nitrogens with zero attached hydrogens (tertiary/aromatic N) is 2. The predicted octanol–water partition coefficient (Wildman–Crippen LogP) is 32.9. The molecule has 0 heterocycles. The number of unbranched alkanes of at least 4 members (excludes halogenated alkanes) is 52. The highest BCUT2D eigenvalue weighted by atomic mass is 16.7. The quantitative estimate of drug-likeness (QED) is 0.0300. The van der Waals surface area contributed by atoms with Crippen molar-refractivity contribution in [3.8, 4) is 0 Å². The van der Waals surface area contributed by atoms with Crippen molar-refractivity contribution >= 4 is 11.9 Å². The van der Waals surface area contributed by atoms with Gasteiger partial charge in [-0.1, -0.05) is 434 Å². The van der Waals surface area contributed by atoms with Crippen molar-refractivity contribution in [3.05, 3.63) is 0 Å². The Labute approximate surface area is 781 Å². The molecule has 0 spiro atoms. The Morgan fingerprint density at radius 1 is 0.264 bits per heavy atom. The smallest absolute Gasteiger partial charge is 0.305 e. The Kier molecular flexibility index (Phi) is 100. The first-order chi connectivity index (χ1) is 61.4. The molecule has 7 atom stereocenters. The van der Waals surface area contributed by atoms with Crippen molar-refractivity contribution in [2.24, 2.45) is 29.4 Å². The summed E-state index contributed by atoms with van der Waals surface area (Å²) >= 11 is 0. The van der Waals surface area contributed by atoms with E-state index in [1.807, 2.05) is 0 Å². The van der Waals surface area contributed by atoms with Gasteiger partial charge in [-0.15, -0.1) is 0 Å². The van der Waals surface area contributed by atoms with Gasteiger partial charge in [0.05, 0.1) is 38.6 Å². The van der Waals surface area contributed by atoms with Crippen molar-refractivity contribution < 1.29 is 48.2 Å². The van der Waals surface area contributed by atoms with Crippen LogP contribution in [-0.2, 0) is 38.0 Å². The first-order valence-corrected chi connectivity index (χ1v) is 56.6. The number of hydrogen-bond donors (Lipinski definition) is 3. The lowest BCUT2D eigenvalue weighted by molar-refractivity contribution is -0.193. The zero-order valence-corrected chi connectivity index (χ0v) is 86.0. The van der Waals surface area contributed by atoms with Crippen LogP contribution in [0.15, 0.2) is 0 Å². The van der Waals surface area contributed by atoms with Crippen LogP contribution in [0.5, 0.6) is 0 Å². The number of aliphatic hydroxyl groups is 2. The van der Waals surface area contributed by atoms with E-state index in [9.17, 15) is 19.8 Å². The number of hydrogen-bond acceptors (Lipinski definition) is 13. The van der Waals surface area contributed by atoms with Gasteiger partial charge in [0.1, 0.15) is 0 Å². The second kappa shape index (κ2) is 102. The molecule has 125 heavy (non-hydrogen) atoms. The predicted molar refractivity (Wildman–Crippen MR) is 542 cm³/mol. The van der Waals surface area contributed by atoms with Crippen LogP contribution in [0.3, 0.4) is 0 Å². The maximum Gasteiger partial charge on any atom is 0.305 e. The van der Waals surface area contributed by atoms with Gasteiger partial charge in [-0.25, -0.2) is 0 Å². The van der Waals surface area contributed by atoms with Gasteiger partial charge in [0.25, 0.3) is 0 Å². The number of nitrogens with two attached hydrogens (primary N) is 1. The fourth-order valence-electron chi connectivity index (χ4n) is 19.0. The molecular weight excluding hydrogens is 1550 g/mol. The average molecular weight is 1770 g/mol. The zero-order chi connectivity index (χ0) is 90.9. The summed E-state index contributed by atoms with van der Waals surface area (Å²) in [4.78, 5) is 30.9. The normalized spacial score (nSPS) is 13.7. The molecule has 0 bridgehead atoms. The van der Waals surface area contributed by atoms with E-state index < -0.39 is 0 Å². The largest absolute Gasteiger partial charge is 0.466 e. The lowest BCUT2D eigenvalue weighted by Crippen LogP contribution is -2.29. The summed E-state index contributed by atoms with van der Waals surface area (Å²) in [6.45, 7) is 30.5. The maximum atomic E-state index is 13.1. The summed E-state index contributed by atoms with van der Waals surface area (Å²) in [6, 6.07) is 0. The van der Waals surface area contributed by atoms with Crippen molar-refractivity contribution in [2.75, 3.05) is 85.5 Å². The first-order valence-electron chi connectivity index (χ1n) is 56.6. The standard InChI is InChI=1S/C112H225N3O10/c1-10-16-22-27-38-59-80-106(81-60-39-28-23-17-11-2)82-61-40-31-30-32-49-69-91-114(95-97-116)92-70-50-34-41-64-86-109(118)120-101-75-84-107(79-55-21-15-6)83-62-46-45-58-78-105(9)125-112(124-104(8)77-57-26-20-14-5)89-67-44-36-52-72-94-115(96-98-117)93-71-51-35-42-65-87-110(119)123-102-108(85-63-37-25-19-13-4)103(7)76-56-47-54-74-100-122-111(88-66-43-33-48-68-90-113)121-99-73-53-29-24-18-12-3/h103-108,111-112,116-117H,10-102,113H2,1-9H3. The molecule has 4 N–H and O–H groups in total. The summed E-state index contributed by atoms with van der Waals surface area (Å²) in [6.07, 6.45) is 99.0. The van der Waals surface area contributed by atoms with Gasteiger partial charge in [0, 0.05) is 39.1 Å². The average Bonchev–Trinajstić information content (AvgIpc) is 0.779. The molecule has 0 aromatic rings. The highest BCUT2D eigenvalue weighted by Crippen LogP contribution is 2.30. The van der Waals surface area contributed by atoms with Gasteiger partial charge in [-0.2, -0.15) is 0 Å². The van der Waals surface area contributed by atoms with Gasteiger partial charge in [-0.05, 0) is 186 Å². The molecule has 748 valence electrons. The van der Waals surface area contributed by atoms with E-state index in [-0.39, 0.29) is 49.9 Å². The van der Waals surface area contributed by atoms with Crippen LogP contribution in [-0.4, -0.2) is 142 Å². The molecule has 0 saturated carbocycles. The van der Waals surface area contributed by atoms with E-state index in [0.717, 1.165) is 199 Å². The molecule has 7 unspecified atom stereocenters. The third-order valence-electron chi connectivity index (χ3n) is 27.7. The molecule has 0 aromatic carbocycles. The van der Waals surface area contributed by atoms with Crippen LogP contribution in [0.1, 0.15) is 576 Å². The molecule has 0 aliphatic carbocycles. The van der Waals surface area contributed by atoms with Crippen LogP contribution in [0, 0.1) is 23.7 Å². The minimum absolute atomic E-state index is 0.0129. The molecule has 0 aliphatic heterocycles. The second-order valence-corrected chi connectivity index (χ2v) is 40.0. The second-order valence-electron chi connectivity index (χ2n) is 40.0. The van der Waals surface area contributed by atoms with Gasteiger partial charge in [0.15, 0.2) is 12.6 Å². The third-order valence-corrected chi connectivity index (χ3v) is 27.7. The van der Waals surface area contributed by atoms with Crippen LogP contribution in [0.2, 0.25) is 0 Å². The van der Waals surface area contributed by atoms with Gasteiger partial charge < -0.3 is 54.2 Å².